The number of fused-ring (bicyclic) bond motifs is 1. The number of piperazine rings is 2. The fourth-order valence-electron chi connectivity index (χ4n) is 3.90. The van der Waals surface area contributed by atoms with E-state index in [9.17, 15) is 0 Å². The Morgan fingerprint density at radius 2 is 1.88 bits per heavy atom. The van der Waals surface area contributed by atoms with Gasteiger partial charge in [0.25, 0.3) is 0 Å². The van der Waals surface area contributed by atoms with Crippen LogP contribution < -0.4 is 4.74 Å². The van der Waals surface area contributed by atoms with E-state index >= 15 is 0 Å². The Kier molecular flexibility index (Phi) is 6.70. The molecule has 0 bridgehead atoms. The molecule has 0 aromatic heterocycles. The van der Waals surface area contributed by atoms with Gasteiger partial charge in [0.2, 0.25) is 0 Å². The Morgan fingerprint density at radius 1 is 1.08 bits per heavy atom. The number of ether oxygens (including phenoxy) is 1. The van der Waals surface area contributed by atoms with E-state index in [-0.39, 0.29) is 0 Å². The number of likely N-dealkylation sites (N-methyl/N-ethyl adjacent to an activating group) is 1. The van der Waals surface area contributed by atoms with Crippen molar-refractivity contribution in [1.29, 1.82) is 0 Å². The topological polar surface area (TPSA) is 22.2 Å². The lowest BCUT2D eigenvalue weighted by atomic mass is 10.1. The van der Waals surface area contributed by atoms with Gasteiger partial charge in [-0.2, -0.15) is 0 Å². The molecule has 2 fully saturated rings. The second kappa shape index (κ2) is 8.99. The van der Waals surface area contributed by atoms with Crippen molar-refractivity contribution in [3.63, 3.8) is 0 Å². The molecule has 1 aromatic carbocycles. The molecular weight excluding hydrogens is 312 g/mol. The zero-order valence-corrected chi connectivity index (χ0v) is 16.2. The van der Waals surface area contributed by atoms with Crippen molar-refractivity contribution in [3.8, 4) is 5.75 Å². The molecule has 1 aromatic rings. The Bertz CT molecular complexity index is 536. The van der Waals surface area contributed by atoms with Crippen LogP contribution in [0.4, 0.5) is 0 Å². The van der Waals surface area contributed by atoms with E-state index in [4.69, 9.17) is 4.74 Å². The number of rotatable bonds is 7. The average Bonchev–Trinajstić information content (AvgIpc) is 2.59. The lowest BCUT2D eigenvalue weighted by molar-refractivity contribution is 0.0172. The van der Waals surface area contributed by atoms with Crippen molar-refractivity contribution >= 4 is 0 Å². The SMILES string of the molecule is CN(C)CCCOc1ccccc1CN1CCN2CCN(C)CC2C1. The van der Waals surface area contributed by atoms with Gasteiger partial charge >= 0.3 is 0 Å². The van der Waals surface area contributed by atoms with Crippen LogP contribution in [0.5, 0.6) is 5.75 Å². The van der Waals surface area contributed by atoms with E-state index in [2.05, 4.69) is 65.0 Å². The summed E-state index contributed by atoms with van der Waals surface area (Å²) >= 11 is 0. The van der Waals surface area contributed by atoms with Gasteiger partial charge in [-0.05, 0) is 33.6 Å². The molecule has 2 saturated heterocycles. The summed E-state index contributed by atoms with van der Waals surface area (Å²) in [5, 5.41) is 0. The lowest BCUT2D eigenvalue weighted by Gasteiger charge is -2.46. The highest BCUT2D eigenvalue weighted by atomic mass is 16.5. The third-order valence-electron chi connectivity index (χ3n) is 5.35. The third-order valence-corrected chi connectivity index (χ3v) is 5.35. The minimum absolute atomic E-state index is 0.681. The highest BCUT2D eigenvalue weighted by Gasteiger charge is 2.30. The predicted octanol–water partition coefficient (Wildman–Crippen LogP) is 1.45. The molecular formula is C20H34N4O. The second-order valence-electron chi connectivity index (χ2n) is 7.80. The van der Waals surface area contributed by atoms with Crippen LogP contribution in [0.2, 0.25) is 0 Å². The number of nitrogens with zero attached hydrogens (tertiary/aromatic N) is 4. The molecule has 140 valence electrons. The van der Waals surface area contributed by atoms with Gasteiger partial charge in [0, 0.05) is 64.0 Å². The van der Waals surface area contributed by atoms with Gasteiger partial charge < -0.3 is 14.5 Å². The van der Waals surface area contributed by atoms with Gasteiger partial charge in [0.1, 0.15) is 5.75 Å². The molecule has 2 heterocycles. The largest absolute Gasteiger partial charge is 0.493 e. The van der Waals surface area contributed by atoms with E-state index < -0.39 is 0 Å². The summed E-state index contributed by atoms with van der Waals surface area (Å²) in [6.45, 7) is 10.0. The predicted molar refractivity (Wildman–Crippen MR) is 103 cm³/mol. The van der Waals surface area contributed by atoms with E-state index in [1.54, 1.807) is 0 Å². The monoisotopic (exact) mass is 346 g/mol. The maximum absolute atomic E-state index is 6.08. The molecule has 0 aliphatic carbocycles. The third kappa shape index (κ3) is 5.42. The summed E-state index contributed by atoms with van der Waals surface area (Å²) in [5.41, 5.74) is 1.32. The minimum atomic E-state index is 0.681. The minimum Gasteiger partial charge on any atom is -0.493 e. The van der Waals surface area contributed by atoms with Gasteiger partial charge in [-0.1, -0.05) is 18.2 Å². The van der Waals surface area contributed by atoms with E-state index in [1.807, 2.05) is 0 Å². The number of benzene rings is 1. The molecule has 0 radical (unpaired) electrons. The van der Waals surface area contributed by atoms with Crippen molar-refractivity contribution in [1.82, 2.24) is 19.6 Å². The molecule has 2 aliphatic heterocycles. The van der Waals surface area contributed by atoms with Crippen molar-refractivity contribution in [2.24, 2.45) is 0 Å². The van der Waals surface area contributed by atoms with Crippen LogP contribution in [0.25, 0.3) is 0 Å². The van der Waals surface area contributed by atoms with Gasteiger partial charge in [-0.25, -0.2) is 0 Å². The molecule has 5 nitrogen and oxygen atoms in total. The zero-order chi connectivity index (χ0) is 17.6. The molecule has 0 amide bonds. The standard InChI is InChI=1S/C20H34N4O/c1-21(2)9-6-14-25-20-8-5-4-7-18(20)15-23-11-13-24-12-10-22(3)16-19(24)17-23/h4-5,7-8,19H,6,9-17H2,1-3H3. The molecule has 1 atom stereocenters. The number of hydrogen-bond donors (Lipinski definition) is 0. The van der Waals surface area contributed by atoms with Crippen molar-refractivity contribution < 1.29 is 4.74 Å². The Labute approximate surface area is 153 Å². The molecule has 0 spiro atoms. The van der Waals surface area contributed by atoms with Crippen LogP contribution in [-0.4, -0.2) is 99.2 Å². The Hall–Kier alpha value is -1.14. The van der Waals surface area contributed by atoms with Gasteiger partial charge in [0.15, 0.2) is 0 Å². The molecule has 2 aliphatic rings. The van der Waals surface area contributed by atoms with Gasteiger partial charge in [0.05, 0.1) is 6.61 Å². The Morgan fingerprint density at radius 3 is 2.72 bits per heavy atom. The maximum Gasteiger partial charge on any atom is 0.123 e. The molecule has 25 heavy (non-hydrogen) atoms. The van der Waals surface area contributed by atoms with Crippen LogP contribution in [0, 0.1) is 0 Å². The lowest BCUT2D eigenvalue weighted by Crippen LogP contribution is -2.61. The first-order valence-corrected chi connectivity index (χ1v) is 9.62. The number of para-hydroxylation sites is 1. The molecule has 3 rings (SSSR count). The first-order chi connectivity index (χ1) is 12.1. The van der Waals surface area contributed by atoms with Gasteiger partial charge in [-0.3, -0.25) is 9.80 Å². The molecule has 5 heteroatoms. The summed E-state index contributed by atoms with van der Waals surface area (Å²) in [6, 6.07) is 9.24. The quantitative estimate of drug-likeness (QED) is 0.695. The highest BCUT2D eigenvalue weighted by Crippen LogP contribution is 2.22. The summed E-state index contributed by atoms with van der Waals surface area (Å²) in [7, 11) is 6.46. The first-order valence-electron chi connectivity index (χ1n) is 9.62. The summed E-state index contributed by atoms with van der Waals surface area (Å²) < 4.78 is 6.08. The van der Waals surface area contributed by atoms with E-state index in [1.165, 1.54) is 38.3 Å². The van der Waals surface area contributed by atoms with Crippen molar-refractivity contribution in [2.45, 2.75) is 19.0 Å². The number of hydrogen-bond acceptors (Lipinski definition) is 5. The molecule has 1 unspecified atom stereocenters. The van der Waals surface area contributed by atoms with Crippen LogP contribution in [-0.2, 0) is 6.54 Å². The fraction of sp³-hybridized carbons (Fsp3) is 0.700. The molecule has 0 saturated carbocycles. The van der Waals surface area contributed by atoms with E-state index in [0.29, 0.717) is 6.04 Å². The summed E-state index contributed by atoms with van der Waals surface area (Å²) in [4.78, 5) is 9.94. The Balaban J connectivity index is 1.54. The van der Waals surface area contributed by atoms with Crippen molar-refractivity contribution in [2.75, 3.05) is 73.6 Å². The smallest absolute Gasteiger partial charge is 0.123 e. The highest BCUT2D eigenvalue weighted by molar-refractivity contribution is 5.33. The fourth-order valence-corrected chi connectivity index (χ4v) is 3.90. The normalized spacial score (nSPS) is 23.0. The van der Waals surface area contributed by atoms with Crippen LogP contribution in [0.1, 0.15) is 12.0 Å². The van der Waals surface area contributed by atoms with Gasteiger partial charge in [-0.15, -0.1) is 0 Å². The van der Waals surface area contributed by atoms with Crippen LogP contribution in [0.3, 0.4) is 0 Å². The second-order valence-corrected chi connectivity index (χ2v) is 7.80. The first kappa shape index (κ1) is 18.6. The average molecular weight is 347 g/mol. The van der Waals surface area contributed by atoms with E-state index in [0.717, 1.165) is 38.4 Å². The summed E-state index contributed by atoms with van der Waals surface area (Å²) in [5.74, 6) is 1.06. The zero-order valence-electron chi connectivity index (χ0n) is 16.2. The molecule has 0 N–H and O–H groups in total. The van der Waals surface area contributed by atoms with Crippen molar-refractivity contribution in [3.05, 3.63) is 29.8 Å². The van der Waals surface area contributed by atoms with Crippen LogP contribution >= 0.6 is 0 Å². The van der Waals surface area contributed by atoms with Crippen LogP contribution in [0.15, 0.2) is 24.3 Å². The maximum atomic E-state index is 6.08. The summed E-state index contributed by atoms with van der Waals surface area (Å²) in [6.07, 6.45) is 1.06.